The van der Waals surface area contributed by atoms with Crippen LogP contribution in [-0.4, -0.2) is 21.7 Å². The Kier molecular flexibility index (Phi) is 8.22. The van der Waals surface area contributed by atoms with Crippen LogP contribution in [0.5, 0.6) is 0 Å². The van der Waals surface area contributed by atoms with Crippen LogP contribution < -0.4 is 0 Å². The molecule has 0 bridgehead atoms. The van der Waals surface area contributed by atoms with Crippen LogP contribution in [-0.2, 0) is 0 Å². The molecule has 1 saturated carbocycles. The van der Waals surface area contributed by atoms with Gasteiger partial charge in [0.25, 0.3) is 0 Å². The molecule has 1 aromatic rings. The Labute approximate surface area is 142 Å². The molecule has 2 aliphatic rings. The number of halogens is 3. The van der Waals surface area contributed by atoms with Gasteiger partial charge in [0.05, 0.1) is 5.92 Å². The average Bonchev–Trinajstić information content (AvgIpc) is 2.99. The minimum atomic E-state index is -3.93. The van der Waals surface area contributed by atoms with Crippen molar-refractivity contribution in [3.63, 3.8) is 0 Å². The highest BCUT2D eigenvalue weighted by molar-refractivity contribution is 5.95. The lowest BCUT2D eigenvalue weighted by molar-refractivity contribution is -0.181. The molecule has 136 valence electrons. The molecular formula is C18H28F3N3. The van der Waals surface area contributed by atoms with Crippen LogP contribution in [0.4, 0.5) is 13.2 Å². The van der Waals surface area contributed by atoms with E-state index in [0.717, 1.165) is 25.7 Å². The summed E-state index contributed by atoms with van der Waals surface area (Å²) in [4.78, 5) is 0. The second-order valence-corrected chi connectivity index (χ2v) is 6.02. The van der Waals surface area contributed by atoms with Gasteiger partial charge >= 0.3 is 6.18 Å². The number of fused-ring (bicyclic) bond motifs is 1. The van der Waals surface area contributed by atoms with Gasteiger partial charge in [0.15, 0.2) is 0 Å². The highest BCUT2D eigenvalue weighted by Crippen LogP contribution is 2.37. The number of hydrogen-bond acceptors (Lipinski definition) is 2. The third-order valence-corrected chi connectivity index (χ3v) is 4.22. The van der Waals surface area contributed by atoms with Crippen molar-refractivity contribution < 1.29 is 13.2 Å². The van der Waals surface area contributed by atoms with Gasteiger partial charge in [0.1, 0.15) is 0 Å². The van der Waals surface area contributed by atoms with Crippen LogP contribution in [0.15, 0.2) is 18.3 Å². The van der Waals surface area contributed by atoms with E-state index in [1.165, 1.54) is 5.69 Å². The van der Waals surface area contributed by atoms with E-state index in [0.29, 0.717) is 24.5 Å². The summed E-state index contributed by atoms with van der Waals surface area (Å²) in [5.74, 6) is -0.601. The van der Waals surface area contributed by atoms with Crippen LogP contribution in [0, 0.1) is 11.3 Å². The molecule has 1 fully saturated rings. The predicted octanol–water partition coefficient (Wildman–Crippen LogP) is 6.04. The topological polar surface area (TPSA) is 41.7 Å². The van der Waals surface area contributed by atoms with Crippen molar-refractivity contribution in [1.82, 2.24) is 9.78 Å². The summed E-state index contributed by atoms with van der Waals surface area (Å²) in [5, 5.41) is 11.7. The number of allylic oxidation sites excluding steroid dienone is 1. The van der Waals surface area contributed by atoms with Gasteiger partial charge < -0.3 is 5.41 Å². The molecule has 24 heavy (non-hydrogen) atoms. The molecule has 1 aromatic heterocycles. The number of nitrogens with zero attached hydrogens (tertiary/aromatic N) is 2. The Balaban J connectivity index is 0.000000221. The number of nitrogens with one attached hydrogen (secondary N) is 1. The summed E-state index contributed by atoms with van der Waals surface area (Å²) in [6.45, 7) is 6.12. The van der Waals surface area contributed by atoms with Crippen molar-refractivity contribution in [3.05, 3.63) is 24.0 Å². The van der Waals surface area contributed by atoms with Crippen molar-refractivity contribution in [1.29, 1.82) is 5.41 Å². The molecule has 0 spiro atoms. The SMILES string of the molecule is CC.CC1CC(=N)C=Cn2nccc21.FC(F)(F)C1CCCCC1. The Morgan fingerprint density at radius 1 is 1.17 bits per heavy atom. The van der Waals surface area contributed by atoms with Gasteiger partial charge in [-0.05, 0) is 31.4 Å². The van der Waals surface area contributed by atoms with Gasteiger partial charge in [0, 0.05) is 29.7 Å². The molecule has 0 saturated heterocycles. The molecule has 3 nitrogen and oxygen atoms in total. The zero-order valence-electron chi connectivity index (χ0n) is 14.7. The van der Waals surface area contributed by atoms with Gasteiger partial charge in [-0.15, -0.1) is 0 Å². The Morgan fingerprint density at radius 2 is 1.79 bits per heavy atom. The van der Waals surface area contributed by atoms with Crippen molar-refractivity contribution in [2.24, 2.45) is 5.92 Å². The lowest BCUT2D eigenvalue weighted by Gasteiger charge is -2.23. The van der Waals surface area contributed by atoms with Crippen LogP contribution in [0.1, 0.15) is 70.9 Å². The Bertz CT molecular complexity index is 526. The fourth-order valence-electron chi connectivity index (χ4n) is 2.93. The fraction of sp³-hybridized carbons (Fsp3) is 0.667. The predicted molar refractivity (Wildman–Crippen MR) is 92.3 cm³/mol. The molecule has 2 heterocycles. The van der Waals surface area contributed by atoms with E-state index in [1.807, 2.05) is 30.8 Å². The third-order valence-electron chi connectivity index (χ3n) is 4.22. The van der Waals surface area contributed by atoms with E-state index in [-0.39, 0.29) is 0 Å². The van der Waals surface area contributed by atoms with Crippen LogP contribution in [0.25, 0.3) is 6.20 Å². The molecule has 1 unspecified atom stereocenters. The number of alkyl halides is 3. The molecular weight excluding hydrogens is 315 g/mol. The second-order valence-electron chi connectivity index (χ2n) is 6.02. The number of hydrogen-bond donors (Lipinski definition) is 1. The maximum Gasteiger partial charge on any atom is 0.391 e. The quantitative estimate of drug-likeness (QED) is 0.613. The van der Waals surface area contributed by atoms with E-state index in [2.05, 4.69) is 12.0 Å². The molecule has 1 aliphatic heterocycles. The Hall–Kier alpha value is -1.59. The van der Waals surface area contributed by atoms with Gasteiger partial charge in [0.2, 0.25) is 0 Å². The van der Waals surface area contributed by atoms with Crippen molar-refractivity contribution in [3.8, 4) is 0 Å². The summed E-state index contributed by atoms with van der Waals surface area (Å²) in [6, 6.07) is 2.01. The molecule has 1 atom stereocenters. The summed E-state index contributed by atoms with van der Waals surface area (Å²) in [7, 11) is 0. The summed E-state index contributed by atoms with van der Waals surface area (Å²) in [6.07, 6.45) is 5.52. The first-order valence-electron chi connectivity index (χ1n) is 8.73. The number of aromatic nitrogens is 2. The summed E-state index contributed by atoms with van der Waals surface area (Å²) in [5.41, 5.74) is 1.86. The largest absolute Gasteiger partial charge is 0.391 e. The smallest absolute Gasteiger partial charge is 0.305 e. The van der Waals surface area contributed by atoms with Crippen LogP contribution >= 0.6 is 0 Å². The lowest BCUT2D eigenvalue weighted by atomic mass is 9.89. The zero-order chi connectivity index (χ0) is 18.2. The maximum absolute atomic E-state index is 11.9. The second kappa shape index (κ2) is 9.64. The minimum absolute atomic E-state index is 0.351. The molecule has 1 N–H and O–H groups in total. The van der Waals surface area contributed by atoms with Crippen molar-refractivity contribution in [2.75, 3.05) is 0 Å². The van der Waals surface area contributed by atoms with E-state index in [9.17, 15) is 13.2 Å². The summed E-state index contributed by atoms with van der Waals surface area (Å²) >= 11 is 0. The molecule has 0 aromatic carbocycles. The summed E-state index contributed by atoms with van der Waals surface area (Å²) < 4.78 is 37.7. The van der Waals surface area contributed by atoms with Gasteiger partial charge in [-0.1, -0.05) is 40.0 Å². The molecule has 6 heteroatoms. The highest BCUT2D eigenvalue weighted by Gasteiger charge is 2.39. The van der Waals surface area contributed by atoms with Gasteiger partial charge in [-0.2, -0.15) is 18.3 Å². The first kappa shape index (κ1) is 20.5. The molecule has 1 aliphatic carbocycles. The standard InChI is InChI=1S/C9H11N3.C7H11F3.C2H6/c1-7-6-8(10)3-5-12-9(7)2-4-11-12;8-7(9,10)6-4-2-1-3-5-6;1-2/h2-5,7,10H,6H2,1H3;6H,1-5H2;1-2H3. The molecule has 3 rings (SSSR count). The van der Waals surface area contributed by atoms with Gasteiger partial charge in [-0.3, -0.25) is 0 Å². The van der Waals surface area contributed by atoms with Crippen LogP contribution in [0.3, 0.4) is 0 Å². The molecule has 0 amide bonds. The lowest BCUT2D eigenvalue weighted by Crippen LogP contribution is -2.24. The van der Waals surface area contributed by atoms with Crippen molar-refractivity contribution in [2.45, 2.75) is 71.4 Å². The van der Waals surface area contributed by atoms with Crippen LogP contribution in [0.2, 0.25) is 0 Å². The maximum atomic E-state index is 11.9. The first-order chi connectivity index (χ1) is 11.4. The van der Waals surface area contributed by atoms with Crippen molar-refractivity contribution >= 4 is 11.9 Å². The van der Waals surface area contributed by atoms with E-state index in [1.54, 1.807) is 12.3 Å². The fourth-order valence-corrected chi connectivity index (χ4v) is 2.93. The normalized spacial score (nSPS) is 20.9. The third kappa shape index (κ3) is 6.13. The Morgan fingerprint density at radius 3 is 2.33 bits per heavy atom. The van der Waals surface area contributed by atoms with Gasteiger partial charge in [-0.25, -0.2) is 4.68 Å². The van der Waals surface area contributed by atoms with E-state index < -0.39 is 12.1 Å². The monoisotopic (exact) mass is 343 g/mol. The minimum Gasteiger partial charge on any atom is -0.305 e. The van der Waals surface area contributed by atoms with E-state index >= 15 is 0 Å². The first-order valence-corrected chi connectivity index (χ1v) is 8.73. The van der Waals surface area contributed by atoms with E-state index in [4.69, 9.17) is 5.41 Å². The molecule has 0 radical (unpaired) electrons. The number of rotatable bonds is 0. The average molecular weight is 343 g/mol. The highest BCUT2D eigenvalue weighted by atomic mass is 19.4. The zero-order valence-corrected chi connectivity index (χ0v) is 14.7.